The summed E-state index contributed by atoms with van der Waals surface area (Å²) in [5.41, 5.74) is 0.994. The van der Waals surface area contributed by atoms with Crippen LogP contribution in [0.25, 0.3) is 22.4 Å². The number of carbonyl (C=O) groups is 1. The number of aromatic nitrogens is 3. The summed E-state index contributed by atoms with van der Waals surface area (Å²) >= 11 is 1.42. The molecule has 3 N–H and O–H groups in total. The molecule has 6 rings (SSSR count). The molecule has 2 aliphatic rings. The predicted molar refractivity (Wildman–Crippen MR) is 149 cm³/mol. The van der Waals surface area contributed by atoms with Crippen LogP contribution < -0.4 is 10.6 Å². The smallest absolute Gasteiger partial charge is 0.395 e. The van der Waals surface area contributed by atoms with Crippen molar-refractivity contribution in [3.8, 4) is 11.5 Å². The number of benzene rings is 1. The van der Waals surface area contributed by atoms with Crippen LogP contribution >= 0.6 is 11.3 Å². The molecule has 0 bridgehead atoms. The van der Waals surface area contributed by atoms with Crippen LogP contribution in [0.2, 0.25) is 0 Å². The Kier molecular flexibility index (Phi) is 7.48. The zero-order chi connectivity index (χ0) is 29.6. The van der Waals surface area contributed by atoms with Gasteiger partial charge in [-0.2, -0.15) is 18.2 Å². The zero-order valence-electron chi connectivity index (χ0n) is 22.7. The number of hydrogen-bond acceptors (Lipinski definition) is 8. The van der Waals surface area contributed by atoms with E-state index in [2.05, 4.69) is 20.8 Å². The fourth-order valence-corrected chi connectivity index (χ4v) is 6.70. The molecule has 9 nitrogen and oxygen atoms in total. The number of thiophene rings is 1. The number of fused-ring (bicyclic) bond motifs is 1. The van der Waals surface area contributed by atoms with Crippen molar-refractivity contribution in [1.29, 1.82) is 0 Å². The minimum Gasteiger partial charge on any atom is -0.395 e. The first-order chi connectivity index (χ1) is 20.1. The van der Waals surface area contributed by atoms with Gasteiger partial charge in [-0.15, -0.1) is 11.3 Å². The summed E-state index contributed by atoms with van der Waals surface area (Å²) in [5.74, 6) is -0.415. The third kappa shape index (κ3) is 5.62. The molecule has 3 aromatic heterocycles. The number of rotatable bonds is 9. The second-order valence-corrected chi connectivity index (χ2v) is 12.0. The van der Waals surface area contributed by atoms with Crippen LogP contribution in [-0.4, -0.2) is 75.8 Å². The molecule has 1 saturated carbocycles. The zero-order valence-corrected chi connectivity index (χ0v) is 23.6. The Morgan fingerprint density at radius 2 is 2.10 bits per heavy atom. The van der Waals surface area contributed by atoms with Crippen molar-refractivity contribution in [1.82, 2.24) is 24.9 Å². The number of likely N-dealkylation sites (tertiary alicyclic amines) is 1. The number of anilines is 1. The highest BCUT2D eigenvalue weighted by Gasteiger charge is 2.47. The molecule has 14 heteroatoms. The van der Waals surface area contributed by atoms with E-state index in [-0.39, 0.29) is 53.9 Å². The van der Waals surface area contributed by atoms with Gasteiger partial charge in [0.05, 0.1) is 36.0 Å². The third-order valence-corrected chi connectivity index (χ3v) is 9.17. The van der Waals surface area contributed by atoms with E-state index in [1.54, 1.807) is 35.7 Å². The van der Waals surface area contributed by atoms with E-state index in [1.807, 2.05) is 11.9 Å². The highest BCUT2D eigenvalue weighted by atomic mass is 32.1. The van der Waals surface area contributed by atoms with Crippen molar-refractivity contribution < 1.29 is 32.0 Å². The first-order valence-corrected chi connectivity index (χ1v) is 14.5. The van der Waals surface area contributed by atoms with Gasteiger partial charge in [0.2, 0.25) is 11.7 Å². The SMILES string of the molecule is CN1CC[C@@H](Nc2cccc3c2cc(-c2noc(CNC(=O)c4ccsc4C4(CO)CC4)n2)n3CC(F)(F)F)[C@@H](F)C1. The number of carbonyl (C=O) groups excluding carboxylic acids is 1. The van der Waals surface area contributed by atoms with E-state index in [4.69, 9.17) is 4.52 Å². The highest BCUT2D eigenvalue weighted by Crippen LogP contribution is 2.51. The van der Waals surface area contributed by atoms with Gasteiger partial charge in [-0.3, -0.25) is 4.79 Å². The Morgan fingerprint density at radius 3 is 2.81 bits per heavy atom. The van der Waals surface area contributed by atoms with Crippen molar-refractivity contribution in [2.24, 2.45) is 0 Å². The van der Waals surface area contributed by atoms with Gasteiger partial charge in [-0.05, 0) is 56.0 Å². The molecule has 0 radical (unpaired) electrons. The van der Waals surface area contributed by atoms with Gasteiger partial charge in [-0.25, -0.2) is 4.39 Å². The van der Waals surface area contributed by atoms with Gasteiger partial charge in [0.1, 0.15) is 12.7 Å². The molecule has 4 aromatic rings. The van der Waals surface area contributed by atoms with E-state index in [1.165, 1.54) is 11.3 Å². The van der Waals surface area contributed by atoms with Crippen molar-refractivity contribution in [2.45, 2.75) is 56.2 Å². The molecule has 2 fully saturated rings. The summed E-state index contributed by atoms with van der Waals surface area (Å²) < 4.78 is 62.2. The number of amides is 1. The predicted octanol–water partition coefficient (Wildman–Crippen LogP) is 4.72. The number of halogens is 4. The number of aliphatic hydroxyl groups is 1. The molecule has 224 valence electrons. The van der Waals surface area contributed by atoms with Crippen LogP contribution in [-0.2, 0) is 18.5 Å². The van der Waals surface area contributed by atoms with E-state index < -0.39 is 24.9 Å². The normalized spacial score (nSPS) is 20.6. The van der Waals surface area contributed by atoms with E-state index >= 15 is 0 Å². The molecular weight excluding hydrogens is 576 g/mol. The summed E-state index contributed by atoms with van der Waals surface area (Å²) in [5, 5.41) is 21.9. The lowest BCUT2D eigenvalue weighted by atomic mass is 10.0. The molecule has 0 spiro atoms. The molecule has 4 heterocycles. The van der Waals surface area contributed by atoms with Gasteiger partial charge in [0, 0.05) is 34.5 Å². The Labute approximate surface area is 242 Å². The lowest BCUT2D eigenvalue weighted by molar-refractivity contribution is -0.139. The van der Waals surface area contributed by atoms with Crippen molar-refractivity contribution in [3.63, 3.8) is 0 Å². The third-order valence-electron chi connectivity index (χ3n) is 8.01. The van der Waals surface area contributed by atoms with Gasteiger partial charge >= 0.3 is 6.18 Å². The van der Waals surface area contributed by atoms with Crippen LogP contribution in [0.3, 0.4) is 0 Å². The minimum atomic E-state index is -4.53. The first kappa shape index (κ1) is 28.6. The maximum absolute atomic E-state index is 14.7. The Hall–Kier alpha value is -3.49. The topological polar surface area (TPSA) is 108 Å². The summed E-state index contributed by atoms with van der Waals surface area (Å²) in [7, 11) is 1.84. The van der Waals surface area contributed by atoms with E-state index in [0.29, 0.717) is 29.6 Å². The second kappa shape index (κ2) is 11.0. The Balaban J connectivity index is 1.25. The molecule has 1 saturated heterocycles. The lowest BCUT2D eigenvalue weighted by Crippen LogP contribution is -2.46. The van der Waals surface area contributed by atoms with Crippen LogP contribution in [0.15, 0.2) is 40.2 Å². The molecule has 1 aliphatic heterocycles. The standard InChI is InChI=1S/C28H30F4N6O3S/c1-37-9-5-20(18(29)13-37)34-19-3-2-4-21-17(19)11-22(38(21)14-28(30,31)32)25-35-23(41-36-25)12-33-26(40)16-6-10-42-24(16)27(15-39)7-8-27/h2-4,6,10-11,18,20,34,39H,5,7-9,12-15H2,1H3,(H,33,40)/t18-,20+/m0/s1. The summed E-state index contributed by atoms with van der Waals surface area (Å²) in [4.78, 5) is 19.9. The average molecular weight is 607 g/mol. The van der Waals surface area contributed by atoms with Crippen LogP contribution in [0.4, 0.5) is 23.2 Å². The number of alkyl halides is 4. The number of nitrogens with zero attached hydrogens (tertiary/aromatic N) is 4. The largest absolute Gasteiger partial charge is 0.406 e. The monoisotopic (exact) mass is 606 g/mol. The van der Waals surface area contributed by atoms with Crippen molar-refractivity contribution >= 4 is 33.8 Å². The minimum absolute atomic E-state index is 0.0205. The molecule has 1 aliphatic carbocycles. The fraction of sp³-hybridized carbons (Fsp3) is 0.464. The Bertz CT molecular complexity index is 1590. The number of piperidine rings is 1. The molecule has 2 atom stereocenters. The summed E-state index contributed by atoms with van der Waals surface area (Å²) in [6.45, 7) is -0.480. The molecule has 0 unspecified atom stereocenters. The first-order valence-electron chi connectivity index (χ1n) is 13.6. The molecular formula is C28H30F4N6O3S. The van der Waals surface area contributed by atoms with Crippen LogP contribution in [0.1, 0.15) is 40.4 Å². The van der Waals surface area contributed by atoms with Crippen LogP contribution in [0, 0.1) is 0 Å². The van der Waals surface area contributed by atoms with Crippen LogP contribution in [0.5, 0.6) is 0 Å². The molecule has 1 amide bonds. The van der Waals surface area contributed by atoms with Gasteiger partial charge < -0.3 is 29.7 Å². The number of nitrogens with one attached hydrogen (secondary N) is 2. The number of hydrogen-bond donors (Lipinski definition) is 3. The fourth-order valence-electron chi connectivity index (χ4n) is 5.55. The second-order valence-electron chi connectivity index (χ2n) is 11.1. The summed E-state index contributed by atoms with van der Waals surface area (Å²) in [6, 6.07) is 7.67. The van der Waals surface area contributed by atoms with Crippen molar-refractivity contribution in [3.05, 3.63) is 52.0 Å². The van der Waals surface area contributed by atoms with Gasteiger partial charge in [0.15, 0.2) is 0 Å². The van der Waals surface area contributed by atoms with Gasteiger partial charge in [-0.1, -0.05) is 11.2 Å². The van der Waals surface area contributed by atoms with Gasteiger partial charge in [0.25, 0.3) is 5.91 Å². The summed E-state index contributed by atoms with van der Waals surface area (Å²) in [6.07, 6.45) is -3.49. The quantitative estimate of drug-likeness (QED) is 0.237. The highest BCUT2D eigenvalue weighted by molar-refractivity contribution is 7.10. The van der Waals surface area contributed by atoms with E-state index in [0.717, 1.165) is 22.3 Å². The number of aliphatic hydroxyl groups excluding tert-OH is 1. The lowest BCUT2D eigenvalue weighted by Gasteiger charge is -2.33. The maximum atomic E-state index is 14.7. The maximum Gasteiger partial charge on any atom is 0.406 e. The Morgan fingerprint density at radius 1 is 1.29 bits per heavy atom. The molecule has 42 heavy (non-hydrogen) atoms. The average Bonchev–Trinajstić information content (AvgIpc) is 3.27. The van der Waals surface area contributed by atoms with E-state index in [9.17, 15) is 27.5 Å². The van der Waals surface area contributed by atoms with Crippen molar-refractivity contribution in [2.75, 3.05) is 32.1 Å². The molecule has 1 aromatic carbocycles.